The Morgan fingerprint density at radius 2 is 2.00 bits per heavy atom. The molecule has 3 nitrogen and oxygen atoms in total. The van der Waals surface area contributed by atoms with Gasteiger partial charge in [-0.2, -0.15) is 0 Å². The average molecular weight is 229 g/mol. The van der Waals surface area contributed by atoms with Gasteiger partial charge in [-0.05, 0) is 20.8 Å². The lowest BCUT2D eigenvalue weighted by Crippen LogP contribution is -2.38. The zero-order valence-electron chi connectivity index (χ0n) is 8.34. The lowest BCUT2D eigenvalue weighted by atomic mass is 10.2. The van der Waals surface area contributed by atoms with Gasteiger partial charge in [-0.25, -0.2) is 0 Å². The van der Waals surface area contributed by atoms with Crippen molar-refractivity contribution in [3.8, 4) is 0 Å². The van der Waals surface area contributed by atoms with Gasteiger partial charge in [-0.3, -0.25) is 0 Å². The van der Waals surface area contributed by atoms with Crippen LogP contribution >= 0.6 is 23.2 Å². The molecule has 13 heavy (non-hydrogen) atoms. The van der Waals surface area contributed by atoms with E-state index < -0.39 is 12.4 Å². The van der Waals surface area contributed by atoms with Gasteiger partial charge in [-0.1, -0.05) is 11.6 Å². The Labute approximate surface area is 89.8 Å². The molecule has 0 N–H and O–H groups in total. The van der Waals surface area contributed by atoms with Crippen LogP contribution in [-0.2, 0) is 14.0 Å². The summed E-state index contributed by atoms with van der Waals surface area (Å²) in [5.74, 6) is 0.163. The highest BCUT2D eigenvalue weighted by Gasteiger charge is 2.32. The zero-order valence-corrected chi connectivity index (χ0v) is 9.85. The highest BCUT2D eigenvalue weighted by molar-refractivity contribution is 6.39. The molecule has 0 saturated carbocycles. The van der Waals surface area contributed by atoms with Gasteiger partial charge in [0.2, 0.25) is 0 Å². The molecule has 0 aliphatic carbocycles. The van der Waals surface area contributed by atoms with Crippen LogP contribution in [0.3, 0.4) is 0 Å². The fourth-order valence-electron chi connectivity index (χ4n) is 0.586. The first-order valence-corrected chi connectivity index (χ1v) is 4.93. The minimum atomic E-state index is -0.961. The summed E-state index contributed by atoms with van der Waals surface area (Å²) in [5.41, 5.74) is 0. The van der Waals surface area contributed by atoms with Gasteiger partial charge >= 0.3 is 7.32 Å². The normalized spacial score (nSPS) is 15.9. The Bertz CT molecular complexity index is 144. The molecule has 0 aliphatic rings. The summed E-state index contributed by atoms with van der Waals surface area (Å²) in [6.07, 6.45) is 0.00717. The molecule has 0 bridgehead atoms. The zero-order chi connectivity index (χ0) is 10.5. The van der Waals surface area contributed by atoms with Crippen molar-refractivity contribution in [2.24, 2.45) is 0 Å². The molecule has 0 heterocycles. The van der Waals surface area contributed by atoms with Crippen LogP contribution in [0.1, 0.15) is 20.8 Å². The van der Waals surface area contributed by atoms with Crippen LogP contribution in [0.5, 0.6) is 0 Å². The fraction of sp³-hybridized carbons (Fsp3) is 1.00. The van der Waals surface area contributed by atoms with Crippen LogP contribution in [-0.4, -0.2) is 31.5 Å². The Morgan fingerprint density at radius 1 is 1.46 bits per heavy atom. The minimum absolute atomic E-state index is 0.00717. The second-order valence-corrected chi connectivity index (χ2v) is 4.13. The van der Waals surface area contributed by atoms with Crippen molar-refractivity contribution in [3.63, 3.8) is 0 Å². The lowest BCUT2D eigenvalue weighted by molar-refractivity contribution is 0.0497. The lowest BCUT2D eigenvalue weighted by Gasteiger charge is -2.24. The molecular formula is C7H15BCl2O3. The van der Waals surface area contributed by atoms with Gasteiger partial charge in [0.25, 0.3) is 0 Å². The van der Waals surface area contributed by atoms with Crippen molar-refractivity contribution in [2.75, 3.05) is 13.0 Å². The maximum atomic E-state index is 5.86. The maximum Gasteiger partial charge on any atom is 0.640 e. The number of halogens is 2. The minimum Gasteiger partial charge on any atom is -0.389 e. The molecule has 0 aromatic heterocycles. The third-order valence-corrected chi connectivity index (χ3v) is 2.03. The summed E-state index contributed by atoms with van der Waals surface area (Å²) < 4.78 is 15.4. The van der Waals surface area contributed by atoms with Crippen molar-refractivity contribution in [3.05, 3.63) is 0 Å². The Kier molecular flexibility index (Phi) is 6.34. The average Bonchev–Trinajstić information content (AvgIpc) is 2.02. The third kappa shape index (κ3) is 6.58. The van der Waals surface area contributed by atoms with Gasteiger partial charge in [0.1, 0.15) is 5.06 Å². The molecule has 0 amide bonds. The third-order valence-electron chi connectivity index (χ3n) is 1.16. The van der Waals surface area contributed by atoms with Gasteiger partial charge < -0.3 is 14.0 Å². The van der Waals surface area contributed by atoms with Crippen LogP contribution in [0.2, 0.25) is 0 Å². The predicted molar refractivity (Wildman–Crippen MR) is 55.0 cm³/mol. The van der Waals surface area contributed by atoms with Crippen LogP contribution in [0.15, 0.2) is 0 Å². The molecule has 1 atom stereocenters. The van der Waals surface area contributed by atoms with Crippen LogP contribution < -0.4 is 0 Å². The van der Waals surface area contributed by atoms with Gasteiger partial charge in [0.15, 0.2) is 0 Å². The molecular weight excluding hydrogens is 214 g/mol. The van der Waals surface area contributed by atoms with Gasteiger partial charge in [-0.15, -0.1) is 11.6 Å². The molecule has 0 saturated heterocycles. The topological polar surface area (TPSA) is 27.7 Å². The molecule has 0 rings (SSSR count). The number of rotatable bonds is 6. The van der Waals surface area contributed by atoms with E-state index in [1.807, 2.05) is 13.8 Å². The molecule has 0 aromatic carbocycles. The SMILES string of the molecule is COB(OC(C)C)OC(C)(Cl)CCl. The smallest absolute Gasteiger partial charge is 0.389 e. The van der Waals surface area contributed by atoms with E-state index in [4.69, 9.17) is 37.2 Å². The largest absolute Gasteiger partial charge is 0.640 e. The van der Waals surface area contributed by atoms with E-state index in [1.54, 1.807) is 6.92 Å². The number of hydrogen-bond acceptors (Lipinski definition) is 3. The fourth-order valence-corrected chi connectivity index (χ4v) is 0.722. The molecule has 0 fully saturated rings. The molecule has 0 aromatic rings. The summed E-state index contributed by atoms with van der Waals surface area (Å²) in [5, 5.41) is -0.961. The van der Waals surface area contributed by atoms with E-state index in [1.165, 1.54) is 7.11 Å². The van der Waals surface area contributed by atoms with Crippen molar-refractivity contribution in [1.29, 1.82) is 0 Å². The van der Waals surface area contributed by atoms with Crippen molar-refractivity contribution < 1.29 is 14.0 Å². The number of alkyl halides is 2. The standard InChI is InChI=1S/C7H15BCl2O3/c1-6(2)12-8(11-4)13-7(3,10)5-9/h6H,5H2,1-4H3. The Balaban J connectivity index is 3.97. The summed E-state index contributed by atoms with van der Waals surface area (Å²) >= 11 is 11.4. The molecule has 0 spiro atoms. The summed E-state index contributed by atoms with van der Waals surface area (Å²) in [6, 6.07) is 0. The van der Waals surface area contributed by atoms with E-state index in [9.17, 15) is 0 Å². The van der Waals surface area contributed by atoms with E-state index >= 15 is 0 Å². The van der Waals surface area contributed by atoms with E-state index in [2.05, 4.69) is 0 Å². The first-order chi connectivity index (χ1) is 5.91. The first-order valence-electron chi connectivity index (χ1n) is 4.02. The predicted octanol–water partition coefficient (Wildman–Crippen LogP) is 2.25. The summed E-state index contributed by atoms with van der Waals surface area (Å²) in [4.78, 5) is 0. The highest BCUT2D eigenvalue weighted by Crippen LogP contribution is 2.19. The maximum absolute atomic E-state index is 5.86. The monoisotopic (exact) mass is 228 g/mol. The van der Waals surface area contributed by atoms with Crippen LogP contribution in [0.4, 0.5) is 0 Å². The molecule has 0 radical (unpaired) electrons. The Hall–Kier alpha value is 0.525. The van der Waals surface area contributed by atoms with Crippen LogP contribution in [0, 0.1) is 0 Å². The Morgan fingerprint density at radius 3 is 2.31 bits per heavy atom. The summed E-state index contributed by atoms with van der Waals surface area (Å²) in [6.45, 7) is 5.40. The van der Waals surface area contributed by atoms with E-state index in [0.717, 1.165) is 0 Å². The second-order valence-electron chi connectivity index (χ2n) is 3.06. The molecule has 6 heteroatoms. The van der Waals surface area contributed by atoms with Crippen molar-refractivity contribution >= 4 is 30.5 Å². The number of hydrogen-bond donors (Lipinski definition) is 0. The summed E-state index contributed by atoms with van der Waals surface area (Å²) in [7, 11) is 0.704. The molecule has 78 valence electrons. The van der Waals surface area contributed by atoms with E-state index in [-0.39, 0.29) is 12.0 Å². The first kappa shape index (κ1) is 13.5. The van der Waals surface area contributed by atoms with Crippen molar-refractivity contribution in [1.82, 2.24) is 0 Å². The molecule has 0 aliphatic heterocycles. The quantitative estimate of drug-likeness (QED) is 0.516. The van der Waals surface area contributed by atoms with Crippen molar-refractivity contribution in [2.45, 2.75) is 31.9 Å². The van der Waals surface area contributed by atoms with Gasteiger partial charge in [0.05, 0.1) is 5.88 Å². The van der Waals surface area contributed by atoms with Crippen LogP contribution in [0.25, 0.3) is 0 Å². The highest BCUT2D eigenvalue weighted by atomic mass is 35.5. The second kappa shape index (κ2) is 6.09. The van der Waals surface area contributed by atoms with E-state index in [0.29, 0.717) is 0 Å². The molecule has 1 unspecified atom stereocenters. The van der Waals surface area contributed by atoms with Gasteiger partial charge in [0, 0.05) is 13.2 Å².